The average Bonchev–Trinajstić information content (AvgIpc) is 2.29. The van der Waals surface area contributed by atoms with Gasteiger partial charge in [-0.15, -0.1) is 0 Å². The minimum Gasteiger partial charge on any atom is -0.273 e. The van der Waals surface area contributed by atoms with Gasteiger partial charge < -0.3 is 0 Å². The molecule has 0 unspecified atom stereocenters. The molecule has 1 N–H and O–H groups in total. The molecule has 1 amide bonds. The SMILES string of the molecule is CC(C)C(=O)N/N=C\CCc1ccccc1. The Labute approximate surface area is 96.6 Å². The van der Waals surface area contributed by atoms with Crippen LogP contribution < -0.4 is 5.43 Å². The third-order valence-electron chi connectivity index (χ3n) is 2.20. The standard InChI is InChI=1S/C13H18N2O/c1-11(2)13(16)15-14-10-6-9-12-7-4-3-5-8-12/h3-5,7-8,10-11H,6,9H2,1-2H3,(H,15,16)/b14-10-. The van der Waals surface area contributed by atoms with Gasteiger partial charge in [0.05, 0.1) is 0 Å². The van der Waals surface area contributed by atoms with Crippen molar-refractivity contribution in [1.82, 2.24) is 5.43 Å². The molecule has 86 valence electrons. The second kappa shape index (κ2) is 6.77. The molecule has 0 atom stereocenters. The molecule has 0 aliphatic rings. The lowest BCUT2D eigenvalue weighted by atomic mass is 10.1. The normalized spacial score (nSPS) is 10.9. The minimum absolute atomic E-state index is 0.0220. The molecule has 16 heavy (non-hydrogen) atoms. The summed E-state index contributed by atoms with van der Waals surface area (Å²) in [5.41, 5.74) is 3.78. The highest BCUT2D eigenvalue weighted by atomic mass is 16.2. The third-order valence-corrected chi connectivity index (χ3v) is 2.20. The lowest BCUT2D eigenvalue weighted by molar-refractivity contribution is -0.123. The zero-order valence-electron chi connectivity index (χ0n) is 9.81. The first-order chi connectivity index (χ1) is 7.70. The van der Waals surface area contributed by atoms with Crippen molar-refractivity contribution >= 4 is 12.1 Å². The molecule has 0 saturated carbocycles. The molecular formula is C13H18N2O. The number of nitrogens with one attached hydrogen (secondary N) is 1. The molecule has 0 bridgehead atoms. The molecule has 0 aliphatic carbocycles. The van der Waals surface area contributed by atoms with E-state index in [4.69, 9.17) is 0 Å². The Hall–Kier alpha value is -1.64. The maximum Gasteiger partial charge on any atom is 0.242 e. The van der Waals surface area contributed by atoms with E-state index < -0.39 is 0 Å². The first kappa shape index (κ1) is 12.4. The summed E-state index contributed by atoms with van der Waals surface area (Å²) in [6.45, 7) is 3.68. The van der Waals surface area contributed by atoms with Gasteiger partial charge in [0.2, 0.25) is 5.91 Å². The van der Waals surface area contributed by atoms with Gasteiger partial charge in [-0.1, -0.05) is 44.2 Å². The molecule has 1 rings (SSSR count). The smallest absolute Gasteiger partial charge is 0.242 e. The molecule has 0 radical (unpaired) electrons. The van der Waals surface area contributed by atoms with E-state index in [9.17, 15) is 4.79 Å². The highest BCUT2D eigenvalue weighted by Gasteiger charge is 2.03. The fraction of sp³-hybridized carbons (Fsp3) is 0.385. The van der Waals surface area contributed by atoms with Gasteiger partial charge in [-0.05, 0) is 18.4 Å². The van der Waals surface area contributed by atoms with Gasteiger partial charge in [0, 0.05) is 12.1 Å². The van der Waals surface area contributed by atoms with Gasteiger partial charge >= 0.3 is 0 Å². The number of carbonyl (C=O) groups is 1. The molecule has 3 nitrogen and oxygen atoms in total. The van der Waals surface area contributed by atoms with E-state index in [1.54, 1.807) is 6.21 Å². The van der Waals surface area contributed by atoms with Crippen molar-refractivity contribution in [2.45, 2.75) is 26.7 Å². The summed E-state index contributed by atoms with van der Waals surface area (Å²) in [5.74, 6) is -0.0674. The molecule has 3 heteroatoms. The first-order valence-corrected chi connectivity index (χ1v) is 5.55. The van der Waals surface area contributed by atoms with E-state index in [1.807, 2.05) is 32.0 Å². The van der Waals surface area contributed by atoms with Crippen molar-refractivity contribution in [3.63, 3.8) is 0 Å². The summed E-state index contributed by atoms with van der Waals surface area (Å²) < 4.78 is 0. The predicted molar refractivity (Wildman–Crippen MR) is 66.2 cm³/mol. The largest absolute Gasteiger partial charge is 0.273 e. The lowest BCUT2D eigenvalue weighted by Gasteiger charge is -2.01. The lowest BCUT2D eigenvalue weighted by Crippen LogP contribution is -2.22. The van der Waals surface area contributed by atoms with Crippen LogP contribution >= 0.6 is 0 Å². The average molecular weight is 218 g/mol. The van der Waals surface area contributed by atoms with Crippen molar-refractivity contribution < 1.29 is 4.79 Å². The molecule has 0 saturated heterocycles. The van der Waals surface area contributed by atoms with E-state index in [0.29, 0.717) is 0 Å². The van der Waals surface area contributed by atoms with E-state index in [2.05, 4.69) is 22.7 Å². The molecule has 1 aromatic carbocycles. The van der Waals surface area contributed by atoms with E-state index >= 15 is 0 Å². The van der Waals surface area contributed by atoms with Crippen molar-refractivity contribution in [2.75, 3.05) is 0 Å². The van der Waals surface area contributed by atoms with Crippen LogP contribution in [0.4, 0.5) is 0 Å². The van der Waals surface area contributed by atoms with Crippen molar-refractivity contribution in [1.29, 1.82) is 0 Å². The number of hydrogen-bond donors (Lipinski definition) is 1. The quantitative estimate of drug-likeness (QED) is 0.598. The van der Waals surface area contributed by atoms with Crippen molar-refractivity contribution in [2.24, 2.45) is 11.0 Å². The van der Waals surface area contributed by atoms with E-state index in [0.717, 1.165) is 12.8 Å². The summed E-state index contributed by atoms with van der Waals surface area (Å²) in [4.78, 5) is 11.2. The summed E-state index contributed by atoms with van der Waals surface area (Å²) in [6, 6.07) is 10.2. The fourth-order valence-electron chi connectivity index (χ4n) is 1.18. The van der Waals surface area contributed by atoms with Crippen LogP contribution in [0.25, 0.3) is 0 Å². The van der Waals surface area contributed by atoms with Crippen LogP contribution in [0, 0.1) is 5.92 Å². The minimum atomic E-state index is -0.0454. The van der Waals surface area contributed by atoms with Gasteiger partial charge in [-0.3, -0.25) is 4.79 Å². The summed E-state index contributed by atoms with van der Waals surface area (Å²) in [7, 11) is 0. The monoisotopic (exact) mass is 218 g/mol. The Morgan fingerprint density at radius 3 is 2.69 bits per heavy atom. The number of hydrogen-bond acceptors (Lipinski definition) is 2. The predicted octanol–water partition coefficient (Wildman–Crippen LogP) is 2.38. The topological polar surface area (TPSA) is 41.5 Å². The Bertz CT molecular complexity index is 344. The third kappa shape index (κ3) is 4.73. The van der Waals surface area contributed by atoms with Gasteiger partial charge in [-0.2, -0.15) is 5.10 Å². The summed E-state index contributed by atoms with van der Waals surface area (Å²) >= 11 is 0. The van der Waals surface area contributed by atoms with Crippen LogP contribution in [0.1, 0.15) is 25.8 Å². The second-order valence-electron chi connectivity index (χ2n) is 3.97. The number of hydrazone groups is 1. The van der Waals surface area contributed by atoms with Crippen LogP contribution in [0.15, 0.2) is 35.4 Å². The molecular weight excluding hydrogens is 200 g/mol. The number of benzene rings is 1. The molecule has 0 aromatic heterocycles. The molecule has 1 aromatic rings. The number of rotatable bonds is 5. The molecule has 0 spiro atoms. The molecule has 0 aliphatic heterocycles. The van der Waals surface area contributed by atoms with Gasteiger partial charge in [0.15, 0.2) is 0 Å². The Balaban J connectivity index is 2.21. The molecule has 0 fully saturated rings. The number of amides is 1. The second-order valence-corrected chi connectivity index (χ2v) is 3.97. The van der Waals surface area contributed by atoms with E-state index in [-0.39, 0.29) is 11.8 Å². The highest BCUT2D eigenvalue weighted by molar-refractivity contribution is 5.78. The Morgan fingerprint density at radius 2 is 2.06 bits per heavy atom. The number of nitrogens with zero attached hydrogens (tertiary/aromatic N) is 1. The summed E-state index contributed by atoms with van der Waals surface area (Å²) in [5, 5.41) is 3.88. The maximum atomic E-state index is 11.2. The zero-order valence-corrected chi connectivity index (χ0v) is 9.81. The van der Waals surface area contributed by atoms with Crippen molar-refractivity contribution in [3.8, 4) is 0 Å². The van der Waals surface area contributed by atoms with Gasteiger partial charge in [0.1, 0.15) is 0 Å². The zero-order chi connectivity index (χ0) is 11.8. The number of carbonyl (C=O) groups excluding carboxylic acids is 1. The van der Waals surface area contributed by atoms with Crippen LogP contribution in [0.3, 0.4) is 0 Å². The van der Waals surface area contributed by atoms with Crippen LogP contribution in [-0.4, -0.2) is 12.1 Å². The first-order valence-electron chi connectivity index (χ1n) is 5.55. The van der Waals surface area contributed by atoms with Crippen LogP contribution in [0.5, 0.6) is 0 Å². The van der Waals surface area contributed by atoms with Gasteiger partial charge in [-0.25, -0.2) is 5.43 Å². The van der Waals surface area contributed by atoms with Crippen LogP contribution in [-0.2, 0) is 11.2 Å². The van der Waals surface area contributed by atoms with Crippen LogP contribution in [0.2, 0.25) is 0 Å². The molecule has 0 heterocycles. The van der Waals surface area contributed by atoms with Gasteiger partial charge in [0.25, 0.3) is 0 Å². The van der Waals surface area contributed by atoms with Crippen molar-refractivity contribution in [3.05, 3.63) is 35.9 Å². The summed E-state index contributed by atoms with van der Waals surface area (Å²) in [6.07, 6.45) is 3.53. The highest BCUT2D eigenvalue weighted by Crippen LogP contribution is 2.00. The fourth-order valence-corrected chi connectivity index (χ4v) is 1.18. The number of aryl methyl sites for hydroxylation is 1. The Morgan fingerprint density at radius 1 is 1.38 bits per heavy atom. The maximum absolute atomic E-state index is 11.2. The Kier molecular flexibility index (Phi) is 5.26. The van der Waals surface area contributed by atoms with E-state index in [1.165, 1.54) is 5.56 Å².